The zero-order valence-electron chi connectivity index (χ0n) is 4.06. The summed E-state index contributed by atoms with van der Waals surface area (Å²) in [5.41, 5.74) is 0. The maximum absolute atomic E-state index is 12.0. The van der Waals surface area contributed by atoms with Crippen molar-refractivity contribution >= 4 is 0 Å². The molecule has 0 aliphatic carbocycles. The van der Waals surface area contributed by atoms with Gasteiger partial charge >= 0.3 is 0 Å². The van der Waals surface area contributed by atoms with Crippen molar-refractivity contribution in [3.05, 3.63) is 6.42 Å². The summed E-state index contributed by atoms with van der Waals surface area (Å²) in [6.07, 6.45) is 1.60. The maximum atomic E-state index is 12.0. The number of rotatable bonds is 0. The maximum Gasteiger partial charge on any atom is 0.127 e. The van der Waals surface area contributed by atoms with Crippen LogP contribution in [0.4, 0.5) is 4.39 Å². The standard InChI is InChI=1S/C5H8FO/c6-5-2-1-3-7-4-5/h2,5H,1,3-4H2/t5-/m1/s1. The van der Waals surface area contributed by atoms with Crippen LogP contribution in [0.2, 0.25) is 0 Å². The largest absolute Gasteiger partial charge is 0.378 e. The molecule has 0 saturated carbocycles. The van der Waals surface area contributed by atoms with Gasteiger partial charge in [-0.1, -0.05) is 0 Å². The van der Waals surface area contributed by atoms with Crippen molar-refractivity contribution < 1.29 is 9.13 Å². The van der Waals surface area contributed by atoms with Gasteiger partial charge in [-0.2, -0.15) is 0 Å². The van der Waals surface area contributed by atoms with Crippen LogP contribution in [0.3, 0.4) is 0 Å². The lowest BCUT2D eigenvalue weighted by molar-refractivity contribution is 0.0643. The highest BCUT2D eigenvalue weighted by Crippen LogP contribution is 2.06. The van der Waals surface area contributed by atoms with Crippen molar-refractivity contribution in [3.8, 4) is 0 Å². The highest BCUT2D eigenvalue weighted by atomic mass is 19.1. The van der Waals surface area contributed by atoms with Gasteiger partial charge in [0.2, 0.25) is 0 Å². The summed E-state index contributed by atoms with van der Waals surface area (Å²) in [7, 11) is 0. The summed E-state index contributed by atoms with van der Waals surface area (Å²) in [5, 5.41) is 0. The van der Waals surface area contributed by atoms with Gasteiger partial charge in [-0.25, -0.2) is 4.39 Å². The number of hydrogen-bond acceptors (Lipinski definition) is 1. The molecule has 1 atom stereocenters. The second kappa shape index (κ2) is 2.26. The van der Waals surface area contributed by atoms with E-state index in [9.17, 15) is 4.39 Å². The Hall–Kier alpha value is -0.110. The first-order chi connectivity index (χ1) is 3.39. The Balaban J connectivity index is 2.12. The molecular formula is C5H8FO. The topological polar surface area (TPSA) is 9.23 Å². The fraction of sp³-hybridized carbons (Fsp3) is 0.800. The molecule has 0 aromatic heterocycles. The summed E-state index contributed by atoms with van der Waals surface area (Å²) >= 11 is 0. The van der Waals surface area contributed by atoms with Crippen molar-refractivity contribution in [2.75, 3.05) is 13.2 Å². The Morgan fingerprint density at radius 3 is 2.86 bits per heavy atom. The fourth-order valence-electron chi connectivity index (χ4n) is 0.596. The Labute approximate surface area is 42.5 Å². The SMILES string of the molecule is F[C@@H]1[CH]CCOC1. The lowest BCUT2D eigenvalue weighted by Crippen LogP contribution is -2.18. The second-order valence-corrected chi connectivity index (χ2v) is 1.62. The highest BCUT2D eigenvalue weighted by molar-refractivity contribution is 4.78. The van der Waals surface area contributed by atoms with Crippen molar-refractivity contribution in [2.24, 2.45) is 0 Å². The summed E-state index contributed by atoms with van der Waals surface area (Å²) in [5.74, 6) is 0. The third kappa shape index (κ3) is 1.43. The van der Waals surface area contributed by atoms with E-state index in [-0.39, 0.29) is 6.61 Å². The summed E-state index contributed by atoms with van der Waals surface area (Å²) in [6.45, 7) is 0.959. The van der Waals surface area contributed by atoms with E-state index in [0.717, 1.165) is 6.42 Å². The Kier molecular flexibility index (Phi) is 1.63. The first-order valence-corrected chi connectivity index (χ1v) is 2.45. The molecule has 0 N–H and O–H groups in total. The van der Waals surface area contributed by atoms with Crippen LogP contribution in [0.5, 0.6) is 0 Å². The summed E-state index contributed by atoms with van der Waals surface area (Å²) < 4.78 is 16.8. The molecule has 1 nitrogen and oxygen atoms in total. The van der Waals surface area contributed by atoms with E-state index in [0.29, 0.717) is 6.61 Å². The van der Waals surface area contributed by atoms with Crippen LogP contribution in [0.15, 0.2) is 0 Å². The molecule has 0 bridgehead atoms. The third-order valence-electron chi connectivity index (χ3n) is 0.962. The zero-order chi connectivity index (χ0) is 5.11. The first-order valence-electron chi connectivity index (χ1n) is 2.45. The average Bonchev–Trinajstić information content (AvgIpc) is 1.69. The molecular weight excluding hydrogens is 95.1 g/mol. The smallest absolute Gasteiger partial charge is 0.127 e. The molecule has 41 valence electrons. The monoisotopic (exact) mass is 103 g/mol. The van der Waals surface area contributed by atoms with Crippen LogP contribution < -0.4 is 0 Å². The predicted octanol–water partition coefficient (Wildman–Crippen LogP) is 0.949. The molecule has 2 heteroatoms. The van der Waals surface area contributed by atoms with Crippen molar-refractivity contribution in [3.63, 3.8) is 0 Å². The number of halogens is 1. The van der Waals surface area contributed by atoms with Gasteiger partial charge in [0, 0.05) is 13.0 Å². The number of ether oxygens (including phenoxy) is 1. The van der Waals surface area contributed by atoms with E-state index in [1.165, 1.54) is 0 Å². The molecule has 1 heterocycles. The van der Waals surface area contributed by atoms with Crippen LogP contribution in [-0.4, -0.2) is 19.4 Å². The van der Waals surface area contributed by atoms with Gasteiger partial charge in [0.15, 0.2) is 0 Å². The van der Waals surface area contributed by atoms with Crippen molar-refractivity contribution in [1.82, 2.24) is 0 Å². The van der Waals surface area contributed by atoms with Crippen LogP contribution in [-0.2, 0) is 4.74 Å². The quantitative estimate of drug-likeness (QED) is 0.443. The van der Waals surface area contributed by atoms with Gasteiger partial charge in [-0.3, -0.25) is 0 Å². The van der Waals surface area contributed by atoms with Gasteiger partial charge in [0.05, 0.1) is 6.61 Å². The van der Waals surface area contributed by atoms with Crippen LogP contribution in [0.25, 0.3) is 0 Å². The molecule has 1 fully saturated rings. The molecule has 0 aromatic rings. The minimum absolute atomic E-state index is 0.264. The Morgan fingerprint density at radius 1 is 1.71 bits per heavy atom. The number of alkyl halides is 1. The lowest BCUT2D eigenvalue weighted by atomic mass is 10.2. The average molecular weight is 103 g/mol. The molecule has 1 saturated heterocycles. The zero-order valence-corrected chi connectivity index (χ0v) is 4.06. The van der Waals surface area contributed by atoms with E-state index in [1.54, 1.807) is 6.42 Å². The molecule has 0 amide bonds. The molecule has 1 rings (SSSR count). The molecule has 1 aliphatic rings. The van der Waals surface area contributed by atoms with Crippen molar-refractivity contribution in [1.29, 1.82) is 0 Å². The van der Waals surface area contributed by atoms with E-state index in [4.69, 9.17) is 4.74 Å². The molecule has 0 aromatic carbocycles. The fourth-order valence-corrected chi connectivity index (χ4v) is 0.596. The van der Waals surface area contributed by atoms with Gasteiger partial charge in [-0.05, 0) is 6.42 Å². The van der Waals surface area contributed by atoms with Crippen LogP contribution >= 0.6 is 0 Å². The van der Waals surface area contributed by atoms with Crippen LogP contribution in [0, 0.1) is 6.42 Å². The highest BCUT2D eigenvalue weighted by Gasteiger charge is 2.10. The normalized spacial score (nSPS) is 33.0. The second-order valence-electron chi connectivity index (χ2n) is 1.62. The van der Waals surface area contributed by atoms with E-state index >= 15 is 0 Å². The predicted molar refractivity (Wildman–Crippen MR) is 24.6 cm³/mol. The number of hydrogen-bond donors (Lipinski definition) is 0. The molecule has 1 radical (unpaired) electrons. The summed E-state index contributed by atoms with van der Waals surface area (Å²) in [6, 6.07) is 0. The Bertz CT molecular complexity index is 50.0. The molecule has 0 unspecified atom stereocenters. The van der Waals surface area contributed by atoms with Gasteiger partial charge in [0.25, 0.3) is 0 Å². The van der Waals surface area contributed by atoms with E-state index < -0.39 is 6.17 Å². The van der Waals surface area contributed by atoms with Crippen molar-refractivity contribution in [2.45, 2.75) is 12.6 Å². The van der Waals surface area contributed by atoms with Gasteiger partial charge < -0.3 is 4.74 Å². The molecule has 1 aliphatic heterocycles. The molecule has 0 spiro atoms. The van der Waals surface area contributed by atoms with Gasteiger partial charge in [0.1, 0.15) is 6.17 Å². The van der Waals surface area contributed by atoms with Crippen LogP contribution in [0.1, 0.15) is 6.42 Å². The van der Waals surface area contributed by atoms with E-state index in [2.05, 4.69) is 0 Å². The third-order valence-corrected chi connectivity index (χ3v) is 0.962. The summed E-state index contributed by atoms with van der Waals surface area (Å²) in [4.78, 5) is 0. The molecule has 7 heavy (non-hydrogen) atoms. The van der Waals surface area contributed by atoms with E-state index in [1.807, 2.05) is 0 Å². The first kappa shape index (κ1) is 5.04. The van der Waals surface area contributed by atoms with Gasteiger partial charge in [-0.15, -0.1) is 0 Å². The Morgan fingerprint density at radius 2 is 2.57 bits per heavy atom. The minimum atomic E-state index is -0.811. The lowest BCUT2D eigenvalue weighted by Gasteiger charge is -2.13. The minimum Gasteiger partial charge on any atom is -0.378 e.